The Bertz CT molecular complexity index is 842. The van der Waals surface area contributed by atoms with Crippen LogP contribution < -0.4 is 10.4 Å². The van der Waals surface area contributed by atoms with Gasteiger partial charge in [0.1, 0.15) is 5.00 Å². The van der Waals surface area contributed by atoms with Crippen molar-refractivity contribution in [3.05, 3.63) is 28.2 Å². The second-order valence-electron chi connectivity index (χ2n) is 7.86. The van der Waals surface area contributed by atoms with Crippen LogP contribution in [-0.4, -0.2) is 25.0 Å². The summed E-state index contributed by atoms with van der Waals surface area (Å²) in [5.41, 5.74) is 1.39. The van der Waals surface area contributed by atoms with E-state index in [1.807, 2.05) is 12.2 Å². The van der Waals surface area contributed by atoms with E-state index in [1.54, 1.807) is 0 Å². The molecule has 0 aliphatic heterocycles. The Labute approximate surface area is 161 Å². The number of fused-ring (bicyclic) bond motifs is 3. The zero-order chi connectivity index (χ0) is 19.3. The lowest BCUT2D eigenvalue weighted by Crippen LogP contribution is -2.42. The molecule has 4 rings (SSSR count). The van der Waals surface area contributed by atoms with E-state index in [0.717, 1.165) is 29.7 Å². The summed E-state index contributed by atoms with van der Waals surface area (Å²) < 4.78 is 4.95. The Balaban J connectivity index is 1.64. The summed E-state index contributed by atoms with van der Waals surface area (Å²) in [4.78, 5) is 38.0. The third-order valence-corrected chi connectivity index (χ3v) is 7.34. The molecule has 0 spiro atoms. The van der Waals surface area contributed by atoms with Crippen LogP contribution in [0, 0.1) is 29.6 Å². The van der Waals surface area contributed by atoms with E-state index < -0.39 is 23.8 Å². The van der Waals surface area contributed by atoms with Gasteiger partial charge in [0.15, 0.2) is 0 Å². The Morgan fingerprint density at radius 1 is 1.22 bits per heavy atom. The smallest absolute Gasteiger partial charge is 0.341 e. The minimum Gasteiger partial charge on any atom is -0.550 e. The van der Waals surface area contributed by atoms with Gasteiger partial charge in [-0.05, 0) is 49.0 Å². The fourth-order valence-electron chi connectivity index (χ4n) is 4.85. The molecule has 27 heavy (non-hydrogen) atoms. The number of esters is 1. The van der Waals surface area contributed by atoms with E-state index in [1.165, 1.54) is 18.4 Å². The molecule has 1 aromatic heterocycles. The molecule has 2 bridgehead atoms. The van der Waals surface area contributed by atoms with Crippen LogP contribution >= 0.6 is 11.3 Å². The molecule has 1 amide bonds. The number of hydrogen-bond acceptors (Lipinski definition) is 6. The number of thiophene rings is 1. The van der Waals surface area contributed by atoms with Crippen LogP contribution in [0.2, 0.25) is 0 Å². The van der Waals surface area contributed by atoms with Crippen molar-refractivity contribution in [2.75, 3.05) is 12.4 Å². The van der Waals surface area contributed by atoms with Crippen molar-refractivity contribution < 1.29 is 24.2 Å². The first-order valence-corrected chi connectivity index (χ1v) is 10.1. The number of amides is 1. The fourth-order valence-corrected chi connectivity index (χ4v) is 6.25. The molecule has 5 atom stereocenters. The summed E-state index contributed by atoms with van der Waals surface area (Å²) >= 11 is 1.41. The Hall–Kier alpha value is -2.15. The predicted octanol–water partition coefficient (Wildman–Crippen LogP) is 1.79. The summed E-state index contributed by atoms with van der Waals surface area (Å²) in [6.07, 6.45) is 7.12. The molecule has 0 radical (unpaired) electrons. The number of allylic oxidation sites excluding steroid dienone is 2. The van der Waals surface area contributed by atoms with Crippen molar-refractivity contribution in [1.82, 2.24) is 0 Å². The highest BCUT2D eigenvalue weighted by atomic mass is 32.1. The maximum absolute atomic E-state index is 13.0. The van der Waals surface area contributed by atoms with Gasteiger partial charge in [-0.2, -0.15) is 0 Å². The highest BCUT2D eigenvalue weighted by Crippen LogP contribution is 2.49. The first kappa shape index (κ1) is 18.2. The van der Waals surface area contributed by atoms with Crippen LogP contribution in [0.3, 0.4) is 0 Å². The predicted molar refractivity (Wildman–Crippen MR) is 98.2 cm³/mol. The van der Waals surface area contributed by atoms with Crippen molar-refractivity contribution >= 4 is 34.2 Å². The Morgan fingerprint density at radius 2 is 1.93 bits per heavy atom. The van der Waals surface area contributed by atoms with Crippen LogP contribution in [0.1, 0.15) is 40.6 Å². The summed E-state index contributed by atoms with van der Waals surface area (Å²) in [5, 5.41) is 14.9. The maximum Gasteiger partial charge on any atom is 0.341 e. The minimum atomic E-state index is -1.18. The lowest BCUT2D eigenvalue weighted by molar-refractivity contribution is -0.313. The van der Waals surface area contributed by atoms with Crippen LogP contribution in [-0.2, 0) is 27.2 Å². The van der Waals surface area contributed by atoms with Crippen LogP contribution in [0.4, 0.5) is 5.00 Å². The molecule has 1 aromatic rings. The van der Waals surface area contributed by atoms with Gasteiger partial charge in [0.2, 0.25) is 5.91 Å². The number of carboxylic acids is 1. The number of carbonyl (C=O) groups is 3. The number of hydrogen-bond donors (Lipinski definition) is 1. The summed E-state index contributed by atoms with van der Waals surface area (Å²) in [6, 6.07) is 0. The fraction of sp³-hybridized carbons (Fsp3) is 0.550. The molecule has 144 valence electrons. The van der Waals surface area contributed by atoms with Crippen molar-refractivity contribution in [2.45, 2.75) is 32.6 Å². The van der Waals surface area contributed by atoms with Gasteiger partial charge >= 0.3 is 5.97 Å². The minimum absolute atomic E-state index is 0.0888. The van der Waals surface area contributed by atoms with Crippen LogP contribution in [0.25, 0.3) is 0 Å². The molecule has 0 unspecified atom stereocenters. The van der Waals surface area contributed by atoms with E-state index in [-0.39, 0.29) is 17.7 Å². The number of carboxylic acid groups (broad SMARTS) is 1. The molecule has 1 N–H and O–H groups in total. The Morgan fingerprint density at radius 3 is 2.59 bits per heavy atom. The molecular weight excluding hydrogens is 366 g/mol. The third-order valence-electron chi connectivity index (χ3n) is 6.17. The average Bonchev–Trinajstić information content (AvgIpc) is 3.32. The van der Waals surface area contributed by atoms with Gasteiger partial charge in [0, 0.05) is 16.8 Å². The molecular formula is C20H22NO5S-. The van der Waals surface area contributed by atoms with Gasteiger partial charge in [-0.25, -0.2) is 4.79 Å². The zero-order valence-corrected chi connectivity index (χ0v) is 16.1. The van der Waals surface area contributed by atoms with Crippen molar-refractivity contribution in [1.29, 1.82) is 0 Å². The quantitative estimate of drug-likeness (QED) is 0.627. The number of carbonyl (C=O) groups excluding carboxylic acids is 3. The molecule has 1 saturated carbocycles. The third kappa shape index (κ3) is 2.98. The zero-order valence-electron chi connectivity index (χ0n) is 15.3. The number of anilines is 1. The average molecular weight is 388 g/mol. The van der Waals surface area contributed by atoms with E-state index in [0.29, 0.717) is 22.9 Å². The molecule has 0 saturated heterocycles. The van der Waals surface area contributed by atoms with Gasteiger partial charge in [-0.1, -0.05) is 19.1 Å². The highest BCUT2D eigenvalue weighted by Gasteiger charge is 2.49. The topological polar surface area (TPSA) is 95.5 Å². The highest BCUT2D eigenvalue weighted by molar-refractivity contribution is 7.17. The summed E-state index contributed by atoms with van der Waals surface area (Å²) in [6.45, 7) is 2.17. The number of methoxy groups -OCH3 is 1. The van der Waals surface area contributed by atoms with Crippen molar-refractivity contribution in [3.63, 3.8) is 0 Å². The number of nitrogens with one attached hydrogen (secondary N) is 1. The number of ether oxygens (including phenoxy) is 1. The van der Waals surface area contributed by atoms with Crippen molar-refractivity contribution in [3.8, 4) is 0 Å². The van der Waals surface area contributed by atoms with Gasteiger partial charge in [-0.3, -0.25) is 4.79 Å². The summed E-state index contributed by atoms with van der Waals surface area (Å²) in [7, 11) is 1.33. The second kappa shape index (κ2) is 6.78. The van der Waals surface area contributed by atoms with Crippen LogP contribution in [0.15, 0.2) is 12.2 Å². The first-order chi connectivity index (χ1) is 12.9. The molecule has 1 heterocycles. The van der Waals surface area contributed by atoms with E-state index in [9.17, 15) is 19.5 Å². The second-order valence-corrected chi connectivity index (χ2v) is 8.96. The lowest BCUT2D eigenvalue weighted by Gasteiger charge is -2.27. The lowest BCUT2D eigenvalue weighted by atomic mass is 9.82. The van der Waals surface area contributed by atoms with Gasteiger partial charge in [0.25, 0.3) is 0 Å². The maximum atomic E-state index is 13.0. The molecule has 3 aliphatic carbocycles. The molecule has 3 aliphatic rings. The molecule has 0 aromatic carbocycles. The molecule has 1 fully saturated rings. The number of rotatable bonds is 4. The Kier molecular flexibility index (Phi) is 4.58. The standard InChI is InChI=1S/C20H23NO5S/c1-9-3-6-12-13(7-9)27-18(16(12)20(25)26-2)21-17(22)14-10-4-5-11(8-10)15(14)19(23)24/h4-5,9-11,14-15H,3,6-8H2,1-2H3,(H,21,22)(H,23,24)/p-1/t9-,10-,11+,14+,15+/m0/s1. The largest absolute Gasteiger partial charge is 0.550 e. The van der Waals surface area contributed by atoms with Gasteiger partial charge in [-0.15, -0.1) is 11.3 Å². The van der Waals surface area contributed by atoms with Crippen LogP contribution in [0.5, 0.6) is 0 Å². The van der Waals surface area contributed by atoms with E-state index in [4.69, 9.17) is 4.74 Å². The monoisotopic (exact) mass is 388 g/mol. The molecule has 7 heteroatoms. The van der Waals surface area contributed by atoms with E-state index in [2.05, 4.69) is 12.2 Å². The van der Waals surface area contributed by atoms with E-state index >= 15 is 0 Å². The normalized spacial score (nSPS) is 30.8. The van der Waals surface area contributed by atoms with Crippen molar-refractivity contribution in [2.24, 2.45) is 29.6 Å². The van der Waals surface area contributed by atoms with Gasteiger partial charge in [0.05, 0.1) is 18.6 Å². The summed E-state index contributed by atoms with van der Waals surface area (Å²) in [5.74, 6) is -3.16. The first-order valence-electron chi connectivity index (χ1n) is 9.33. The number of aliphatic carboxylic acids is 1. The molecule has 6 nitrogen and oxygen atoms in total. The van der Waals surface area contributed by atoms with Gasteiger partial charge < -0.3 is 20.0 Å². The SMILES string of the molecule is COC(=O)c1c(NC(=O)[C@H]2[C@H](C(=O)[O-])[C@@H]3C=C[C@H]2C3)sc2c1CC[C@H](C)C2.